The molecule has 2 atom stereocenters. The molecule has 0 unspecified atom stereocenters. The highest BCUT2D eigenvalue weighted by atomic mass is 16.5. The van der Waals surface area contributed by atoms with E-state index in [4.69, 9.17) is 10.5 Å². The molecule has 2 rings (SSSR count). The first-order valence-electron chi connectivity index (χ1n) is 5.72. The summed E-state index contributed by atoms with van der Waals surface area (Å²) in [6.45, 7) is 1.52. The third-order valence-electron chi connectivity index (χ3n) is 3.66. The number of rotatable bonds is 3. The molecule has 3 nitrogen and oxygen atoms in total. The van der Waals surface area contributed by atoms with Gasteiger partial charge in [0.1, 0.15) is 0 Å². The van der Waals surface area contributed by atoms with Gasteiger partial charge in [-0.2, -0.15) is 0 Å². The summed E-state index contributed by atoms with van der Waals surface area (Å²) in [5.74, 6) is 0. The Kier molecular flexibility index (Phi) is 3.28. The second-order valence-electron chi connectivity index (χ2n) is 4.69. The predicted molar refractivity (Wildman–Crippen MR) is 65.2 cm³/mol. The van der Waals surface area contributed by atoms with Gasteiger partial charge in [0, 0.05) is 6.61 Å². The summed E-state index contributed by atoms with van der Waals surface area (Å²) in [6, 6.07) is 10.3. The van der Waals surface area contributed by atoms with E-state index in [0.717, 1.165) is 19.6 Å². The van der Waals surface area contributed by atoms with Crippen LogP contribution in [0.3, 0.4) is 0 Å². The summed E-state index contributed by atoms with van der Waals surface area (Å²) in [5, 5.41) is 0. The fourth-order valence-electron chi connectivity index (χ4n) is 2.42. The van der Waals surface area contributed by atoms with Crippen LogP contribution in [0, 0.1) is 0 Å². The minimum atomic E-state index is -0.0542. The summed E-state index contributed by atoms with van der Waals surface area (Å²) in [4.78, 5) is 2.21. The molecule has 16 heavy (non-hydrogen) atoms. The van der Waals surface area contributed by atoms with Crippen LogP contribution in [0.4, 0.5) is 0 Å². The van der Waals surface area contributed by atoms with Crippen molar-refractivity contribution < 1.29 is 4.74 Å². The van der Waals surface area contributed by atoms with Crippen LogP contribution in [0.2, 0.25) is 0 Å². The predicted octanol–water partition coefficient (Wildman–Crippen LogP) is 1.41. The maximum absolute atomic E-state index is 6.41. The zero-order chi connectivity index (χ0) is 11.6. The quantitative estimate of drug-likeness (QED) is 0.837. The number of hydrogen-bond acceptors (Lipinski definition) is 3. The Bertz CT molecular complexity index is 331. The topological polar surface area (TPSA) is 38.5 Å². The van der Waals surface area contributed by atoms with Crippen molar-refractivity contribution >= 4 is 0 Å². The van der Waals surface area contributed by atoms with E-state index < -0.39 is 0 Å². The van der Waals surface area contributed by atoms with Gasteiger partial charge in [0.15, 0.2) is 0 Å². The van der Waals surface area contributed by atoms with Crippen molar-refractivity contribution in [3.8, 4) is 0 Å². The van der Waals surface area contributed by atoms with Crippen LogP contribution in [-0.2, 0) is 4.74 Å². The van der Waals surface area contributed by atoms with Crippen LogP contribution < -0.4 is 5.73 Å². The van der Waals surface area contributed by atoms with Crippen molar-refractivity contribution in [1.82, 2.24) is 4.90 Å². The third-order valence-corrected chi connectivity index (χ3v) is 3.66. The smallest absolute Gasteiger partial charge is 0.0669 e. The van der Waals surface area contributed by atoms with E-state index >= 15 is 0 Å². The molecule has 0 bridgehead atoms. The Labute approximate surface area is 97.2 Å². The van der Waals surface area contributed by atoms with E-state index in [-0.39, 0.29) is 11.6 Å². The molecule has 1 aliphatic heterocycles. The maximum atomic E-state index is 6.41. The van der Waals surface area contributed by atoms with Crippen molar-refractivity contribution in [2.75, 3.05) is 27.3 Å². The lowest BCUT2D eigenvalue weighted by Crippen LogP contribution is -2.52. The van der Waals surface area contributed by atoms with Crippen LogP contribution in [0.15, 0.2) is 30.3 Å². The van der Waals surface area contributed by atoms with E-state index in [2.05, 4.69) is 31.1 Å². The van der Waals surface area contributed by atoms with Gasteiger partial charge in [-0.1, -0.05) is 30.3 Å². The molecule has 0 saturated carbocycles. The highest BCUT2D eigenvalue weighted by Crippen LogP contribution is 2.35. The van der Waals surface area contributed by atoms with Crippen molar-refractivity contribution in [3.63, 3.8) is 0 Å². The van der Waals surface area contributed by atoms with Gasteiger partial charge in [0.2, 0.25) is 0 Å². The van der Waals surface area contributed by atoms with Gasteiger partial charge < -0.3 is 10.5 Å². The molecule has 1 aliphatic rings. The lowest BCUT2D eigenvalue weighted by molar-refractivity contribution is 0.0854. The van der Waals surface area contributed by atoms with E-state index in [1.165, 1.54) is 5.56 Å². The number of likely N-dealkylation sites (N-methyl/N-ethyl adjacent to an activating group) is 1. The molecule has 1 fully saturated rings. The standard InChI is InChI=1S/C13H20N2O/c1-15(2)13(8-9-16-10-13)12(14)11-6-4-3-5-7-11/h3-7,12H,8-10,14H2,1-2H3/t12-,13+/m1/s1. The molecule has 0 spiro atoms. The minimum absolute atomic E-state index is 0.00574. The fraction of sp³-hybridized carbons (Fsp3) is 0.538. The second kappa shape index (κ2) is 4.53. The highest BCUT2D eigenvalue weighted by Gasteiger charge is 2.43. The van der Waals surface area contributed by atoms with Crippen molar-refractivity contribution in [3.05, 3.63) is 35.9 Å². The molecule has 3 heteroatoms. The summed E-state index contributed by atoms with van der Waals surface area (Å²) >= 11 is 0. The molecule has 88 valence electrons. The SMILES string of the molecule is CN(C)[C@@]1([C@H](N)c2ccccc2)CCOC1. The Morgan fingerprint density at radius 1 is 1.31 bits per heavy atom. The molecule has 0 amide bonds. The van der Waals surface area contributed by atoms with Gasteiger partial charge in [-0.25, -0.2) is 0 Å². The van der Waals surface area contributed by atoms with Crippen LogP contribution in [0.1, 0.15) is 18.0 Å². The average molecular weight is 220 g/mol. The van der Waals surface area contributed by atoms with Gasteiger partial charge in [0.25, 0.3) is 0 Å². The van der Waals surface area contributed by atoms with E-state index in [1.54, 1.807) is 0 Å². The maximum Gasteiger partial charge on any atom is 0.0669 e. The fourth-order valence-corrected chi connectivity index (χ4v) is 2.42. The first-order chi connectivity index (χ1) is 7.67. The molecule has 0 radical (unpaired) electrons. The van der Waals surface area contributed by atoms with E-state index in [9.17, 15) is 0 Å². The Hall–Kier alpha value is -0.900. The summed E-state index contributed by atoms with van der Waals surface area (Å²) in [7, 11) is 4.16. The Balaban J connectivity index is 2.28. The van der Waals surface area contributed by atoms with Gasteiger partial charge >= 0.3 is 0 Å². The molecule has 1 saturated heterocycles. The van der Waals surface area contributed by atoms with Crippen LogP contribution in [0.5, 0.6) is 0 Å². The molecule has 1 heterocycles. The average Bonchev–Trinajstić information content (AvgIpc) is 2.79. The molecular weight excluding hydrogens is 200 g/mol. The zero-order valence-corrected chi connectivity index (χ0v) is 10.0. The summed E-state index contributed by atoms with van der Waals surface area (Å²) < 4.78 is 5.54. The van der Waals surface area contributed by atoms with Crippen molar-refractivity contribution in [1.29, 1.82) is 0 Å². The number of nitrogens with zero attached hydrogens (tertiary/aromatic N) is 1. The van der Waals surface area contributed by atoms with Crippen LogP contribution in [0.25, 0.3) is 0 Å². The largest absolute Gasteiger partial charge is 0.379 e. The number of hydrogen-bond donors (Lipinski definition) is 1. The molecular formula is C13H20N2O. The highest BCUT2D eigenvalue weighted by molar-refractivity contribution is 5.23. The monoisotopic (exact) mass is 220 g/mol. The van der Waals surface area contributed by atoms with Crippen molar-refractivity contribution in [2.24, 2.45) is 5.73 Å². The third kappa shape index (κ3) is 1.86. The lowest BCUT2D eigenvalue weighted by Gasteiger charge is -2.40. The Morgan fingerprint density at radius 3 is 2.50 bits per heavy atom. The number of nitrogens with two attached hydrogens (primary N) is 1. The minimum Gasteiger partial charge on any atom is -0.379 e. The van der Waals surface area contributed by atoms with Gasteiger partial charge in [-0.3, -0.25) is 4.90 Å². The van der Waals surface area contributed by atoms with Gasteiger partial charge in [-0.05, 0) is 26.1 Å². The van der Waals surface area contributed by atoms with Crippen molar-refractivity contribution in [2.45, 2.75) is 18.0 Å². The molecule has 2 N–H and O–H groups in total. The molecule has 0 aliphatic carbocycles. The molecule has 1 aromatic rings. The second-order valence-corrected chi connectivity index (χ2v) is 4.69. The number of ether oxygens (including phenoxy) is 1. The normalized spacial score (nSPS) is 27.2. The summed E-state index contributed by atoms with van der Waals surface area (Å²) in [6.07, 6.45) is 0.996. The first-order valence-corrected chi connectivity index (χ1v) is 5.72. The first kappa shape index (κ1) is 11.6. The lowest BCUT2D eigenvalue weighted by atomic mass is 9.84. The zero-order valence-electron chi connectivity index (χ0n) is 10.0. The molecule has 0 aromatic heterocycles. The molecule has 1 aromatic carbocycles. The summed E-state index contributed by atoms with van der Waals surface area (Å²) in [5.41, 5.74) is 7.54. The Morgan fingerprint density at radius 2 is 2.00 bits per heavy atom. The van der Waals surface area contributed by atoms with Gasteiger partial charge in [-0.15, -0.1) is 0 Å². The van der Waals surface area contributed by atoms with E-state index in [1.807, 2.05) is 18.2 Å². The number of benzene rings is 1. The van der Waals surface area contributed by atoms with Gasteiger partial charge in [0.05, 0.1) is 18.2 Å². The van der Waals surface area contributed by atoms with Crippen LogP contribution >= 0.6 is 0 Å². The van der Waals surface area contributed by atoms with E-state index in [0.29, 0.717) is 0 Å². The van der Waals surface area contributed by atoms with Crippen LogP contribution in [-0.4, -0.2) is 37.7 Å².